The van der Waals surface area contributed by atoms with Crippen molar-refractivity contribution >= 4 is 23.2 Å². The number of piperidine rings is 1. The van der Waals surface area contributed by atoms with Gasteiger partial charge in [-0.25, -0.2) is 4.39 Å². The molecule has 1 saturated heterocycles. The van der Waals surface area contributed by atoms with Gasteiger partial charge < -0.3 is 15.7 Å². The molecule has 1 aliphatic heterocycles. The number of rotatable bonds is 5. The number of carbonyl (C=O) groups excluding carboxylic acids is 2. The molecule has 0 bridgehead atoms. The van der Waals surface area contributed by atoms with E-state index in [0.29, 0.717) is 31.6 Å². The summed E-state index contributed by atoms with van der Waals surface area (Å²) in [4.78, 5) is 26.9. The standard InChI is InChI=1S/C21H24FN3O3/c1-14(20(27)23-17-7-3-2-6-16(17)22)25-12-10-15(11-13-25)21(28)24-18-8-4-5-9-19(18)26/h2-9,14-15,26H,10-13H2,1H3,(H,23,27)(H,24,28)/t14-/m0/s1. The van der Waals surface area contributed by atoms with E-state index in [1.165, 1.54) is 18.2 Å². The minimum atomic E-state index is -0.470. The molecule has 0 aromatic heterocycles. The first kappa shape index (κ1) is 19.8. The van der Waals surface area contributed by atoms with Crippen LogP contribution in [0.2, 0.25) is 0 Å². The zero-order valence-electron chi connectivity index (χ0n) is 15.7. The number of likely N-dealkylation sites (tertiary alicyclic amines) is 1. The molecule has 2 amide bonds. The number of hydrogen-bond acceptors (Lipinski definition) is 4. The molecule has 0 radical (unpaired) electrons. The molecule has 2 aromatic rings. The Morgan fingerprint density at radius 2 is 1.64 bits per heavy atom. The van der Waals surface area contributed by atoms with Gasteiger partial charge >= 0.3 is 0 Å². The highest BCUT2D eigenvalue weighted by molar-refractivity contribution is 5.95. The van der Waals surface area contributed by atoms with E-state index in [1.807, 2.05) is 4.90 Å². The third-order valence-electron chi connectivity index (χ3n) is 5.12. The van der Waals surface area contributed by atoms with E-state index in [2.05, 4.69) is 10.6 Å². The van der Waals surface area contributed by atoms with E-state index in [0.717, 1.165) is 0 Å². The highest BCUT2D eigenvalue weighted by Crippen LogP contribution is 2.25. The van der Waals surface area contributed by atoms with Crippen molar-refractivity contribution in [3.63, 3.8) is 0 Å². The van der Waals surface area contributed by atoms with Gasteiger partial charge in [0.1, 0.15) is 11.6 Å². The van der Waals surface area contributed by atoms with E-state index in [4.69, 9.17) is 0 Å². The van der Waals surface area contributed by atoms with Gasteiger partial charge in [0.25, 0.3) is 0 Å². The summed E-state index contributed by atoms with van der Waals surface area (Å²) >= 11 is 0. The summed E-state index contributed by atoms with van der Waals surface area (Å²) in [6.45, 7) is 2.95. The zero-order chi connectivity index (χ0) is 20.1. The molecule has 0 aliphatic carbocycles. The third kappa shape index (κ3) is 4.67. The number of hydrogen-bond donors (Lipinski definition) is 3. The molecular weight excluding hydrogens is 361 g/mol. The fourth-order valence-corrected chi connectivity index (χ4v) is 3.33. The van der Waals surface area contributed by atoms with Crippen LogP contribution in [-0.4, -0.2) is 41.0 Å². The lowest BCUT2D eigenvalue weighted by molar-refractivity contribution is -0.123. The molecule has 1 atom stereocenters. The summed E-state index contributed by atoms with van der Waals surface area (Å²) in [7, 11) is 0. The molecular formula is C21H24FN3O3. The Balaban J connectivity index is 1.51. The Morgan fingerprint density at radius 1 is 1.04 bits per heavy atom. The van der Waals surface area contributed by atoms with Gasteiger partial charge in [0.2, 0.25) is 11.8 Å². The molecule has 3 rings (SSSR count). The Labute approximate surface area is 163 Å². The zero-order valence-corrected chi connectivity index (χ0v) is 15.7. The minimum absolute atomic E-state index is 0.0340. The number of benzene rings is 2. The van der Waals surface area contributed by atoms with Crippen LogP contribution in [-0.2, 0) is 9.59 Å². The molecule has 6 nitrogen and oxygen atoms in total. The van der Waals surface area contributed by atoms with Crippen LogP contribution < -0.4 is 10.6 Å². The number of nitrogens with zero attached hydrogens (tertiary/aromatic N) is 1. The number of amides is 2. The van der Waals surface area contributed by atoms with Crippen LogP contribution in [0.4, 0.5) is 15.8 Å². The van der Waals surface area contributed by atoms with Crippen LogP contribution in [0.1, 0.15) is 19.8 Å². The maximum absolute atomic E-state index is 13.7. The molecule has 1 fully saturated rings. The number of para-hydroxylation sites is 3. The molecule has 0 spiro atoms. The molecule has 28 heavy (non-hydrogen) atoms. The number of phenolic OH excluding ortho intramolecular Hbond substituents is 1. The monoisotopic (exact) mass is 385 g/mol. The number of carbonyl (C=O) groups is 2. The second kappa shape index (κ2) is 8.84. The molecule has 1 aliphatic rings. The first-order chi connectivity index (χ1) is 13.5. The van der Waals surface area contributed by atoms with Gasteiger partial charge in [-0.15, -0.1) is 0 Å². The summed E-state index contributed by atoms with van der Waals surface area (Å²) in [5.74, 6) is -1.03. The minimum Gasteiger partial charge on any atom is -0.506 e. The highest BCUT2D eigenvalue weighted by atomic mass is 19.1. The van der Waals surface area contributed by atoms with Crippen molar-refractivity contribution in [3.8, 4) is 5.75 Å². The summed E-state index contributed by atoms with van der Waals surface area (Å²) in [6, 6.07) is 12.2. The highest BCUT2D eigenvalue weighted by Gasteiger charge is 2.30. The molecule has 2 aromatic carbocycles. The van der Waals surface area contributed by atoms with Crippen molar-refractivity contribution in [1.82, 2.24) is 4.90 Å². The Kier molecular flexibility index (Phi) is 6.26. The number of aromatic hydroxyl groups is 1. The SMILES string of the molecule is C[C@@H](C(=O)Nc1ccccc1F)N1CCC(C(=O)Nc2ccccc2O)CC1. The average molecular weight is 385 g/mol. The van der Waals surface area contributed by atoms with Crippen molar-refractivity contribution < 1.29 is 19.1 Å². The lowest BCUT2D eigenvalue weighted by Gasteiger charge is -2.34. The van der Waals surface area contributed by atoms with Gasteiger partial charge in [-0.05, 0) is 57.1 Å². The van der Waals surface area contributed by atoms with E-state index in [-0.39, 0.29) is 29.2 Å². The molecule has 148 valence electrons. The van der Waals surface area contributed by atoms with Crippen LogP contribution in [0.5, 0.6) is 5.75 Å². The lowest BCUT2D eigenvalue weighted by atomic mass is 9.94. The first-order valence-electron chi connectivity index (χ1n) is 9.34. The molecule has 0 saturated carbocycles. The lowest BCUT2D eigenvalue weighted by Crippen LogP contribution is -2.47. The fourth-order valence-electron chi connectivity index (χ4n) is 3.33. The average Bonchev–Trinajstić information content (AvgIpc) is 2.71. The Hall–Kier alpha value is -2.93. The van der Waals surface area contributed by atoms with E-state index < -0.39 is 11.9 Å². The maximum atomic E-state index is 13.7. The van der Waals surface area contributed by atoms with Crippen LogP contribution in [0.15, 0.2) is 48.5 Å². The van der Waals surface area contributed by atoms with E-state index >= 15 is 0 Å². The molecule has 1 heterocycles. The summed E-state index contributed by atoms with van der Waals surface area (Å²) in [5, 5.41) is 15.2. The quantitative estimate of drug-likeness (QED) is 0.691. The molecule has 3 N–H and O–H groups in total. The predicted octanol–water partition coefficient (Wildman–Crippen LogP) is 3.21. The molecule has 0 unspecified atom stereocenters. The first-order valence-corrected chi connectivity index (χ1v) is 9.34. The normalized spacial score (nSPS) is 16.4. The van der Waals surface area contributed by atoms with Crippen LogP contribution >= 0.6 is 0 Å². The number of halogens is 1. The van der Waals surface area contributed by atoms with Gasteiger partial charge in [0.15, 0.2) is 0 Å². The topological polar surface area (TPSA) is 81.7 Å². The maximum Gasteiger partial charge on any atom is 0.241 e. The number of nitrogens with one attached hydrogen (secondary N) is 2. The van der Waals surface area contributed by atoms with Crippen molar-refractivity contribution in [1.29, 1.82) is 0 Å². The third-order valence-corrected chi connectivity index (χ3v) is 5.12. The smallest absolute Gasteiger partial charge is 0.241 e. The Bertz CT molecular complexity index is 850. The van der Waals surface area contributed by atoms with Crippen molar-refractivity contribution in [3.05, 3.63) is 54.3 Å². The fraction of sp³-hybridized carbons (Fsp3) is 0.333. The molecule has 7 heteroatoms. The second-order valence-corrected chi connectivity index (χ2v) is 6.96. The predicted molar refractivity (Wildman–Crippen MR) is 106 cm³/mol. The van der Waals surface area contributed by atoms with Gasteiger partial charge in [0, 0.05) is 5.92 Å². The van der Waals surface area contributed by atoms with Gasteiger partial charge in [-0.1, -0.05) is 24.3 Å². The largest absolute Gasteiger partial charge is 0.506 e. The van der Waals surface area contributed by atoms with E-state index in [9.17, 15) is 19.1 Å². The van der Waals surface area contributed by atoms with Crippen LogP contribution in [0, 0.1) is 11.7 Å². The van der Waals surface area contributed by atoms with Crippen molar-refractivity contribution in [2.45, 2.75) is 25.8 Å². The van der Waals surface area contributed by atoms with Gasteiger partial charge in [0.05, 0.1) is 17.4 Å². The van der Waals surface area contributed by atoms with Crippen LogP contribution in [0.3, 0.4) is 0 Å². The summed E-state index contributed by atoms with van der Waals surface area (Å²) in [5.41, 5.74) is 0.559. The van der Waals surface area contributed by atoms with Gasteiger partial charge in [-0.3, -0.25) is 14.5 Å². The summed E-state index contributed by atoms with van der Waals surface area (Å²) in [6.07, 6.45) is 1.22. The van der Waals surface area contributed by atoms with Crippen molar-refractivity contribution in [2.24, 2.45) is 5.92 Å². The van der Waals surface area contributed by atoms with Gasteiger partial charge in [-0.2, -0.15) is 0 Å². The van der Waals surface area contributed by atoms with Crippen LogP contribution in [0.25, 0.3) is 0 Å². The Morgan fingerprint density at radius 3 is 2.29 bits per heavy atom. The second-order valence-electron chi connectivity index (χ2n) is 6.96. The van der Waals surface area contributed by atoms with Crippen molar-refractivity contribution in [2.75, 3.05) is 23.7 Å². The number of phenols is 1. The summed E-state index contributed by atoms with van der Waals surface area (Å²) < 4.78 is 13.7. The number of anilines is 2. The van der Waals surface area contributed by atoms with E-state index in [1.54, 1.807) is 37.3 Å².